The van der Waals surface area contributed by atoms with Crippen LogP contribution in [-0.2, 0) is 6.54 Å². The first-order valence-electron chi connectivity index (χ1n) is 5.46. The van der Waals surface area contributed by atoms with Crippen molar-refractivity contribution in [1.82, 2.24) is 4.98 Å². The van der Waals surface area contributed by atoms with Gasteiger partial charge in [0.05, 0.1) is 15.0 Å². The predicted octanol–water partition coefficient (Wildman–Crippen LogP) is 4.56. The summed E-state index contributed by atoms with van der Waals surface area (Å²) in [5.41, 5.74) is 0.544. The molecular weight excluding hydrogens is 325 g/mol. The van der Waals surface area contributed by atoms with Gasteiger partial charge in [0.1, 0.15) is 5.15 Å². The summed E-state index contributed by atoms with van der Waals surface area (Å²) in [5, 5.41) is 14.7. The van der Waals surface area contributed by atoms with Crippen molar-refractivity contribution in [3.8, 4) is 0 Å². The Morgan fingerprint density at radius 3 is 2.65 bits per heavy atom. The molecule has 1 N–H and O–H groups in total. The van der Waals surface area contributed by atoms with E-state index in [-0.39, 0.29) is 23.2 Å². The van der Waals surface area contributed by atoms with Gasteiger partial charge in [0.2, 0.25) is 5.82 Å². The highest BCUT2D eigenvalue weighted by Crippen LogP contribution is 2.28. The minimum atomic E-state index is -0.536. The summed E-state index contributed by atoms with van der Waals surface area (Å²) >= 11 is 17.7. The van der Waals surface area contributed by atoms with Gasteiger partial charge in [-0.3, -0.25) is 10.1 Å². The third-order valence-electron chi connectivity index (χ3n) is 2.51. The van der Waals surface area contributed by atoms with Crippen molar-refractivity contribution in [3.63, 3.8) is 0 Å². The van der Waals surface area contributed by atoms with Gasteiger partial charge >= 0.3 is 5.69 Å². The van der Waals surface area contributed by atoms with E-state index in [0.717, 1.165) is 0 Å². The molecule has 0 radical (unpaired) electrons. The second kappa shape index (κ2) is 6.26. The third kappa shape index (κ3) is 3.30. The zero-order valence-corrected chi connectivity index (χ0v) is 12.2. The fourth-order valence-corrected chi connectivity index (χ4v) is 2.10. The fraction of sp³-hybridized carbons (Fsp3) is 0.0833. The van der Waals surface area contributed by atoms with Gasteiger partial charge in [-0.15, -0.1) is 0 Å². The molecule has 0 spiro atoms. The van der Waals surface area contributed by atoms with E-state index in [1.165, 1.54) is 12.1 Å². The summed E-state index contributed by atoms with van der Waals surface area (Å²) in [6, 6.07) is 7.81. The third-order valence-corrected chi connectivity index (χ3v) is 3.58. The Morgan fingerprint density at radius 1 is 1.20 bits per heavy atom. The SMILES string of the molecule is O=[N+]([O-])c1ccc(Cl)nc1NCc1cccc(Cl)c1Cl. The number of hydrogen-bond donors (Lipinski definition) is 1. The molecule has 2 rings (SSSR count). The van der Waals surface area contributed by atoms with E-state index < -0.39 is 4.92 Å². The number of nitro groups is 1. The second-order valence-corrected chi connectivity index (χ2v) is 5.00. The molecular formula is C12H8Cl3N3O2. The summed E-state index contributed by atoms with van der Waals surface area (Å²) < 4.78 is 0. The predicted molar refractivity (Wildman–Crippen MR) is 79.7 cm³/mol. The van der Waals surface area contributed by atoms with Crippen molar-refractivity contribution in [3.05, 3.63) is 61.2 Å². The molecule has 0 atom stereocenters. The van der Waals surface area contributed by atoms with Crippen LogP contribution in [0.1, 0.15) is 5.56 Å². The van der Waals surface area contributed by atoms with E-state index in [1.807, 2.05) is 0 Å². The number of hydrogen-bond acceptors (Lipinski definition) is 4. The standard InChI is InChI=1S/C12H8Cl3N3O2/c13-8-3-1-2-7(11(8)15)6-16-12-9(18(19)20)4-5-10(14)17-12/h1-5H,6H2,(H,16,17). The van der Waals surface area contributed by atoms with Crippen LogP contribution in [0.2, 0.25) is 15.2 Å². The molecule has 1 heterocycles. The van der Waals surface area contributed by atoms with Crippen molar-refractivity contribution in [2.75, 3.05) is 5.32 Å². The van der Waals surface area contributed by atoms with Gasteiger partial charge in [0, 0.05) is 12.6 Å². The normalized spacial score (nSPS) is 10.3. The largest absolute Gasteiger partial charge is 0.360 e. The molecule has 0 saturated carbocycles. The number of rotatable bonds is 4. The molecule has 8 heteroatoms. The van der Waals surface area contributed by atoms with Crippen LogP contribution in [-0.4, -0.2) is 9.91 Å². The van der Waals surface area contributed by atoms with Crippen LogP contribution in [0.15, 0.2) is 30.3 Å². The number of nitrogens with one attached hydrogen (secondary N) is 1. The number of aromatic nitrogens is 1. The molecule has 0 aliphatic heterocycles. The van der Waals surface area contributed by atoms with E-state index in [9.17, 15) is 10.1 Å². The molecule has 0 fully saturated rings. The van der Waals surface area contributed by atoms with Crippen LogP contribution < -0.4 is 5.32 Å². The number of anilines is 1. The first kappa shape index (κ1) is 14.8. The molecule has 1 aromatic carbocycles. The van der Waals surface area contributed by atoms with Gasteiger partial charge in [-0.2, -0.15) is 0 Å². The average Bonchev–Trinajstić information content (AvgIpc) is 2.40. The maximum absolute atomic E-state index is 10.9. The molecule has 1 aromatic heterocycles. The Kier molecular flexibility index (Phi) is 4.65. The molecule has 0 amide bonds. The van der Waals surface area contributed by atoms with Crippen molar-refractivity contribution >= 4 is 46.3 Å². The van der Waals surface area contributed by atoms with Crippen molar-refractivity contribution in [2.24, 2.45) is 0 Å². The quantitative estimate of drug-likeness (QED) is 0.506. The first-order chi connectivity index (χ1) is 9.49. The molecule has 0 saturated heterocycles. The van der Waals surface area contributed by atoms with Crippen LogP contribution in [0, 0.1) is 10.1 Å². The van der Waals surface area contributed by atoms with Crippen LogP contribution in [0.4, 0.5) is 11.5 Å². The van der Waals surface area contributed by atoms with E-state index in [1.54, 1.807) is 18.2 Å². The Balaban J connectivity index is 2.24. The van der Waals surface area contributed by atoms with Crippen molar-refractivity contribution in [1.29, 1.82) is 0 Å². The van der Waals surface area contributed by atoms with Gasteiger partial charge in [-0.05, 0) is 17.7 Å². The van der Waals surface area contributed by atoms with Crippen LogP contribution in [0.25, 0.3) is 0 Å². The second-order valence-electron chi connectivity index (χ2n) is 3.83. The lowest BCUT2D eigenvalue weighted by Gasteiger charge is -2.08. The fourth-order valence-electron chi connectivity index (χ4n) is 1.57. The molecule has 5 nitrogen and oxygen atoms in total. The van der Waals surface area contributed by atoms with Crippen LogP contribution in [0.3, 0.4) is 0 Å². The number of pyridine rings is 1. The highest BCUT2D eigenvalue weighted by molar-refractivity contribution is 6.42. The molecule has 0 bridgehead atoms. The zero-order valence-electron chi connectivity index (χ0n) is 9.94. The smallest absolute Gasteiger partial charge is 0.311 e. The number of nitrogens with zero attached hydrogens (tertiary/aromatic N) is 2. The molecule has 2 aromatic rings. The average molecular weight is 333 g/mol. The van der Waals surface area contributed by atoms with Gasteiger partial charge in [0.25, 0.3) is 0 Å². The lowest BCUT2D eigenvalue weighted by Crippen LogP contribution is -2.05. The molecule has 0 unspecified atom stereocenters. The summed E-state index contributed by atoms with van der Waals surface area (Å²) in [7, 11) is 0. The van der Waals surface area contributed by atoms with Gasteiger partial charge in [-0.1, -0.05) is 46.9 Å². The van der Waals surface area contributed by atoms with Gasteiger partial charge in [0.15, 0.2) is 0 Å². The molecule has 104 valence electrons. The Labute approximate surface area is 129 Å². The minimum Gasteiger partial charge on any atom is -0.360 e. The van der Waals surface area contributed by atoms with Gasteiger partial charge in [-0.25, -0.2) is 4.98 Å². The highest BCUT2D eigenvalue weighted by atomic mass is 35.5. The Bertz CT molecular complexity index is 664. The lowest BCUT2D eigenvalue weighted by atomic mass is 10.2. The van der Waals surface area contributed by atoms with Gasteiger partial charge < -0.3 is 5.32 Å². The molecule has 0 aliphatic rings. The Morgan fingerprint density at radius 2 is 1.95 bits per heavy atom. The highest BCUT2D eigenvalue weighted by Gasteiger charge is 2.16. The van der Waals surface area contributed by atoms with Crippen molar-refractivity contribution in [2.45, 2.75) is 6.54 Å². The van der Waals surface area contributed by atoms with Crippen LogP contribution in [0.5, 0.6) is 0 Å². The van der Waals surface area contributed by atoms with E-state index >= 15 is 0 Å². The summed E-state index contributed by atoms with van der Waals surface area (Å²) in [5.74, 6) is 0.0820. The maximum Gasteiger partial charge on any atom is 0.311 e. The summed E-state index contributed by atoms with van der Waals surface area (Å²) in [6.45, 7) is 0.244. The minimum absolute atomic E-state index is 0.0820. The topological polar surface area (TPSA) is 68.1 Å². The zero-order chi connectivity index (χ0) is 14.7. The summed E-state index contributed by atoms with van der Waals surface area (Å²) in [4.78, 5) is 14.3. The Hall–Kier alpha value is -1.56. The van der Waals surface area contributed by atoms with Crippen LogP contribution >= 0.6 is 34.8 Å². The van der Waals surface area contributed by atoms with Crippen molar-refractivity contribution < 1.29 is 4.92 Å². The lowest BCUT2D eigenvalue weighted by molar-refractivity contribution is -0.384. The van der Waals surface area contributed by atoms with E-state index in [2.05, 4.69) is 10.3 Å². The van der Waals surface area contributed by atoms with E-state index in [0.29, 0.717) is 15.6 Å². The summed E-state index contributed by atoms with van der Waals surface area (Å²) in [6.07, 6.45) is 0. The first-order valence-corrected chi connectivity index (χ1v) is 6.60. The molecule has 0 aliphatic carbocycles. The van der Waals surface area contributed by atoms with E-state index in [4.69, 9.17) is 34.8 Å². The molecule has 20 heavy (non-hydrogen) atoms. The maximum atomic E-state index is 10.9. The number of benzene rings is 1. The monoisotopic (exact) mass is 331 g/mol. The number of halogens is 3.